The fourth-order valence-electron chi connectivity index (χ4n) is 1.76. The summed E-state index contributed by atoms with van der Waals surface area (Å²) in [6, 6.07) is 8.10. The van der Waals surface area contributed by atoms with E-state index in [9.17, 15) is 23.1 Å². The zero-order valence-electron chi connectivity index (χ0n) is 10.8. The minimum absolute atomic E-state index is 0.148. The van der Waals surface area contributed by atoms with Gasteiger partial charge in [0.1, 0.15) is 0 Å². The highest BCUT2D eigenvalue weighted by molar-refractivity contribution is 5.82. The van der Waals surface area contributed by atoms with Gasteiger partial charge in [-0.2, -0.15) is 13.2 Å². The Hall–Kier alpha value is -1.82. The lowest BCUT2D eigenvalue weighted by Gasteiger charge is -2.27. The normalized spacial score (nSPS) is 15.8. The summed E-state index contributed by atoms with van der Waals surface area (Å²) >= 11 is 0. The number of carbonyl (C=O) groups is 1. The van der Waals surface area contributed by atoms with Crippen LogP contribution in [0.25, 0.3) is 5.57 Å². The summed E-state index contributed by atoms with van der Waals surface area (Å²) in [5, 5.41) is 18.3. The Morgan fingerprint density at radius 3 is 2.20 bits per heavy atom. The van der Waals surface area contributed by atoms with Crippen molar-refractivity contribution in [3.63, 3.8) is 0 Å². The number of hydrogen-bond donors (Lipinski definition) is 2. The van der Waals surface area contributed by atoms with Crippen LogP contribution < -0.4 is 0 Å². The van der Waals surface area contributed by atoms with Crippen molar-refractivity contribution in [1.82, 2.24) is 0 Å². The van der Waals surface area contributed by atoms with Crippen molar-refractivity contribution in [2.75, 3.05) is 0 Å². The van der Waals surface area contributed by atoms with Crippen molar-refractivity contribution >= 4 is 11.5 Å². The van der Waals surface area contributed by atoms with E-state index in [1.807, 2.05) is 0 Å². The predicted octanol–water partition coefficient (Wildman–Crippen LogP) is 3.25. The molecule has 20 heavy (non-hydrogen) atoms. The van der Waals surface area contributed by atoms with Gasteiger partial charge in [0.25, 0.3) is 5.60 Å². The maximum atomic E-state index is 12.8. The Labute approximate surface area is 114 Å². The summed E-state index contributed by atoms with van der Waals surface area (Å²) < 4.78 is 38.4. The Kier molecular flexibility index (Phi) is 4.94. The van der Waals surface area contributed by atoms with Crippen LogP contribution in [0.2, 0.25) is 0 Å². The molecule has 0 saturated heterocycles. The molecule has 0 spiro atoms. The standard InChI is InChI=1S/C14H15F3O3/c1-2-6-11(10-7-4-3-5-8-10)9-13(20,12(18)19)14(15,16)17/h3-8,20H,2,9H2,1H3,(H,18,19). The van der Waals surface area contributed by atoms with Crippen molar-refractivity contribution in [1.29, 1.82) is 0 Å². The van der Waals surface area contributed by atoms with Crippen molar-refractivity contribution in [3.8, 4) is 0 Å². The molecule has 2 N–H and O–H groups in total. The van der Waals surface area contributed by atoms with E-state index in [1.165, 1.54) is 6.08 Å². The van der Waals surface area contributed by atoms with Crippen LogP contribution in [0.5, 0.6) is 0 Å². The van der Waals surface area contributed by atoms with Gasteiger partial charge in [-0.25, -0.2) is 4.79 Å². The molecule has 0 radical (unpaired) electrons. The topological polar surface area (TPSA) is 57.5 Å². The number of aliphatic carboxylic acids is 1. The second kappa shape index (κ2) is 6.09. The van der Waals surface area contributed by atoms with Crippen LogP contribution in [0.1, 0.15) is 25.3 Å². The van der Waals surface area contributed by atoms with Crippen LogP contribution in [0, 0.1) is 0 Å². The van der Waals surface area contributed by atoms with Gasteiger partial charge in [0, 0.05) is 6.42 Å². The molecule has 0 aliphatic heterocycles. The fourth-order valence-corrected chi connectivity index (χ4v) is 1.76. The van der Waals surface area contributed by atoms with Gasteiger partial charge in [0.2, 0.25) is 0 Å². The minimum Gasteiger partial charge on any atom is -0.479 e. The molecule has 0 amide bonds. The summed E-state index contributed by atoms with van der Waals surface area (Å²) in [7, 11) is 0. The van der Waals surface area contributed by atoms with Gasteiger partial charge in [-0.1, -0.05) is 43.3 Å². The molecule has 0 aliphatic carbocycles. The third-order valence-corrected chi connectivity index (χ3v) is 2.86. The molecule has 1 unspecified atom stereocenters. The Bertz CT molecular complexity index is 494. The molecular formula is C14H15F3O3. The first-order valence-electron chi connectivity index (χ1n) is 5.99. The minimum atomic E-state index is -5.25. The summed E-state index contributed by atoms with van der Waals surface area (Å²) in [6.45, 7) is 1.72. The van der Waals surface area contributed by atoms with Crippen molar-refractivity contribution in [2.24, 2.45) is 0 Å². The smallest absolute Gasteiger partial charge is 0.428 e. The first-order chi connectivity index (χ1) is 9.22. The molecule has 3 nitrogen and oxygen atoms in total. The molecule has 0 heterocycles. The molecular weight excluding hydrogens is 273 g/mol. The molecule has 6 heteroatoms. The van der Waals surface area contributed by atoms with Crippen LogP contribution in [-0.4, -0.2) is 28.0 Å². The molecule has 1 atom stereocenters. The number of hydrogen-bond acceptors (Lipinski definition) is 2. The average molecular weight is 288 g/mol. The number of aliphatic hydroxyl groups is 1. The van der Waals surface area contributed by atoms with Gasteiger partial charge in [0.15, 0.2) is 0 Å². The quantitative estimate of drug-likeness (QED) is 0.874. The lowest BCUT2D eigenvalue weighted by Crippen LogP contribution is -2.52. The van der Waals surface area contributed by atoms with E-state index in [2.05, 4.69) is 0 Å². The van der Waals surface area contributed by atoms with Gasteiger partial charge in [-0.05, 0) is 17.6 Å². The maximum absolute atomic E-state index is 12.8. The second-order valence-corrected chi connectivity index (χ2v) is 4.34. The third kappa shape index (κ3) is 3.39. The molecule has 0 aliphatic rings. The average Bonchev–Trinajstić information content (AvgIpc) is 2.37. The number of halogens is 3. The van der Waals surface area contributed by atoms with E-state index < -0.39 is 24.2 Å². The lowest BCUT2D eigenvalue weighted by atomic mass is 9.89. The fraction of sp³-hybridized carbons (Fsp3) is 0.357. The summed E-state index contributed by atoms with van der Waals surface area (Å²) in [4.78, 5) is 10.8. The van der Waals surface area contributed by atoms with E-state index >= 15 is 0 Å². The Morgan fingerprint density at radius 2 is 1.80 bits per heavy atom. The SMILES string of the molecule is CCC=C(CC(O)(C(=O)O)C(F)(F)F)c1ccccc1. The highest BCUT2D eigenvalue weighted by Crippen LogP contribution is 2.38. The van der Waals surface area contributed by atoms with E-state index in [0.29, 0.717) is 12.0 Å². The largest absolute Gasteiger partial charge is 0.479 e. The second-order valence-electron chi connectivity index (χ2n) is 4.34. The number of carboxylic acid groups (broad SMARTS) is 1. The monoisotopic (exact) mass is 288 g/mol. The Balaban J connectivity index is 3.19. The van der Waals surface area contributed by atoms with E-state index in [1.54, 1.807) is 37.3 Å². The van der Waals surface area contributed by atoms with Crippen LogP contribution in [0.15, 0.2) is 36.4 Å². The summed E-state index contributed by atoms with van der Waals surface area (Å²) in [5.41, 5.74) is -3.18. The highest BCUT2D eigenvalue weighted by atomic mass is 19.4. The van der Waals surface area contributed by atoms with Crippen LogP contribution in [0.3, 0.4) is 0 Å². The molecule has 1 rings (SSSR count). The summed E-state index contributed by atoms with van der Waals surface area (Å²) in [6.07, 6.45) is -4.36. The van der Waals surface area contributed by atoms with Crippen LogP contribution in [-0.2, 0) is 4.79 Å². The zero-order valence-corrected chi connectivity index (χ0v) is 10.8. The highest BCUT2D eigenvalue weighted by Gasteiger charge is 2.60. The van der Waals surface area contributed by atoms with E-state index in [0.717, 1.165) is 0 Å². The van der Waals surface area contributed by atoms with Gasteiger partial charge in [-0.15, -0.1) is 0 Å². The van der Waals surface area contributed by atoms with Gasteiger partial charge in [0.05, 0.1) is 0 Å². The summed E-state index contributed by atoms with van der Waals surface area (Å²) in [5.74, 6) is -2.30. The number of carboxylic acids is 1. The number of allylic oxidation sites excluding steroid dienone is 1. The van der Waals surface area contributed by atoms with Gasteiger partial charge in [-0.3, -0.25) is 0 Å². The molecule has 0 aromatic heterocycles. The Morgan fingerprint density at radius 1 is 1.25 bits per heavy atom. The molecule has 0 saturated carbocycles. The number of benzene rings is 1. The molecule has 1 aromatic carbocycles. The third-order valence-electron chi connectivity index (χ3n) is 2.86. The zero-order chi connectivity index (χ0) is 15.4. The van der Waals surface area contributed by atoms with Crippen molar-refractivity contribution < 1.29 is 28.2 Å². The van der Waals surface area contributed by atoms with Gasteiger partial charge >= 0.3 is 12.1 Å². The van der Waals surface area contributed by atoms with Crippen LogP contribution in [0.4, 0.5) is 13.2 Å². The van der Waals surface area contributed by atoms with Crippen LogP contribution >= 0.6 is 0 Å². The number of alkyl halides is 3. The maximum Gasteiger partial charge on any atom is 0.428 e. The molecule has 1 aromatic rings. The van der Waals surface area contributed by atoms with Crippen molar-refractivity contribution in [2.45, 2.75) is 31.5 Å². The van der Waals surface area contributed by atoms with E-state index in [-0.39, 0.29) is 5.57 Å². The first-order valence-corrected chi connectivity index (χ1v) is 5.99. The van der Waals surface area contributed by atoms with Gasteiger partial charge < -0.3 is 10.2 Å². The van der Waals surface area contributed by atoms with E-state index in [4.69, 9.17) is 5.11 Å². The van der Waals surface area contributed by atoms with Crippen molar-refractivity contribution in [3.05, 3.63) is 42.0 Å². The predicted molar refractivity (Wildman–Crippen MR) is 68.0 cm³/mol. The molecule has 110 valence electrons. The lowest BCUT2D eigenvalue weighted by molar-refractivity contribution is -0.258. The first kappa shape index (κ1) is 16.2. The number of rotatable bonds is 5. The molecule has 0 fully saturated rings. The molecule has 0 bridgehead atoms.